The van der Waals surface area contributed by atoms with E-state index in [9.17, 15) is 14.4 Å². The van der Waals surface area contributed by atoms with Crippen LogP contribution in [0.5, 0.6) is 0 Å². The van der Waals surface area contributed by atoms with Gasteiger partial charge in [0, 0.05) is 32.1 Å². The van der Waals surface area contributed by atoms with Crippen LogP contribution < -0.4 is 26.4 Å². The number of anilines is 2. The molecule has 4 rings (SSSR count). The van der Waals surface area contributed by atoms with Crippen LogP contribution in [0.2, 0.25) is 0 Å². The highest BCUT2D eigenvalue weighted by Crippen LogP contribution is 2.30. The lowest BCUT2D eigenvalue weighted by molar-refractivity contribution is -0.126. The highest BCUT2D eigenvalue weighted by molar-refractivity contribution is 5.78. The second-order valence-corrected chi connectivity index (χ2v) is 9.23. The molecule has 3 aliphatic rings. The second-order valence-electron chi connectivity index (χ2n) is 9.23. The van der Waals surface area contributed by atoms with Crippen LogP contribution in [0, 0.1) is 11.8 Å². The van der Waals surface area contributed by atoms with E-state index in [0.29, 0.717) is 50.1 Å². The molecule has 0 aromatic heterocycles. The minimum absolute atomic E-state index is 0.103. The number of hydrogen-bond donors (Lipinski definition) is 2. The minimum Gasteiger partial charge on any atom is -0.380 e. The first kappa shape index (κ1) is 22.1. The van der Waals surface area contributed by atoms with Gasteiger partial charge in [-0.15, -0.1) is 0 Å². The number of nitrogens with zero attached hydrogens (tertiary/aromatic N) is 1. The first-order chi connectivity index (χ1) is 15.1. The monoisotopic (exact) mass is 429 g/mol. The summed E-state index contributed by atoms with van der Waals surface area (Å²) in [7, 11) is 0. The van der Waals surface area contributed by atoms with Crippen molar-refractivity contribution >= 4 is 17.3 Å². The minimum atomic E-state index is -0.400. The van der Waals surface area contributed by atoms with Crippen molar-refractivity contribution in [1.82, 2.24) is 5.32 Å². The van der Waals surface area contributed by atoms with Gasteiger partial charge in [-0.05, 0) is 63.7 Å². The molecule has 1 heterocycles. The average molecular weight is 430 g/mol. The number of ether oxygens (including phenoxy) is 1. The Morgan fingerprint density at radius 3 is 2.55 bits per heavy atom. The number of morpholine rings is 1. The van der Waals surface area contributed by atoms with Crippen molar-refractivity contribution in [2.75, 3.05) is 49.6 Å². The summed E-state index contributed by atoms with van der Waals surface area (Å²) in [5, 5.41) is 6.39. The number of hydrogen-bond acceptors (Lipinski definition) is 6. The highest BCUT2D eigenvalue weighted by atomic mass is 16.5. The molecule has 7 nitrogen and oxygen atoms in total. The van der Waals surface area contributed by atoms with E-state index in [1.165, 1.54) is 31.3 Å². The maximum Gasteiger partial charge on any atom is 0.253 e. The van der Waals surface area contributed by atoms with E-state index in [2.05, 4.69) is 16.7 Å². The Hall–Kier alpha value is -2.15. The molecule has 1 saturated heterocycles. The van der Waals surface area contributed by atoms with Gasteiger partial charge in [0.05, 0.1) is 13.2 Å². The molecule has 0 atom stereocenters. The summed E-state index contributed by atoms with van der Waals surface area (Å²) in [6.07, 6.45) is 12.0. The van der Waals surface area contributed by atoms with Gasteiger partial charge in [0.2, 0.25) is 5.91 Å². The molecule has 0 spiro atoms. The predicted molar refractivity (Wildman–Crippen MR) is 123 cm³/mol. The van der Waals surface area contributed by atoms with Crippen molar-refractivity contribution in [1.29, 1.82) is 0 Å². The fourth-order valence-electron chi connectivity index (χ4n) is 5.13. The molecule has 1 aromatic carbocycles. The van der Waals surface area contributed by atoms with E-state index in [0.717, 1.165) is 38.6 Å². The molecule has 1 saturated carbocycles. The van der Waals surface area contributed by atoms with Gasteiger partial charge in [0.1, 0.15) is 11.4 Å². The van der Waals surface area contributed by atoms with Crippen molar-refractivity contribution in [3.05, 3.63) is 32.1 Å². The van der Waals surface area contributed by atoms with Gasteiger partial charge < -0.3 is 20.3 Å². The third-order valence-corrected chi connectivity index (χ3v) is 7.13. The summed E-state index contributed by atoms with van der Waals surface area (Å²) in [4.78, 5) is 38.6. The quantitative estimate of drug-likeness (QED) is 0.487. The maximum absolute atomic E-state index is 12.5. The molecule has 2 aliphatic carbocycles. The molecule has 170 valence electrons. The molecule has 0 unspecified atom stereocenters. The van der Waals surface area contributed by atoms with Crippen molar-refractivity contribution in [2.24, 2.45) is 11.8 Å². The Morgan fingerprint density at radius 2 is 1.84 bits per heavy atom. The molecular weight excluding hydrogens is 394 g/mol. The van der Waals surface area contributed by atoms with Gasteiger partial charge in [-0.2, -0.15) is 0 Å². The van der Waals surface area contributed by atoms with Gasteiger partial charge >= 0.3 is 0 Å². The highest BCUT2D eigenvalue weighted by Gasteiger charge is 2.29. The van der Waals surface area contributed by atoms with Crippen molar-refractivity contribution < 1.29 is 9.53 Å². The molecule has 0 radical (unpaired) electrons. The standard InChI is InChI=1S/C24H35N3O4/c28-22-20(21(23(22)29)27-12-14-31-15-13-27)26-16-18-6-8-19(9-7-18)24(30)25-11-10-17-4-2-1-3-5-17/h4,18-19,26H,1-3,5-16H2,(H,25,30). The van der Waals surface area contributed by atoms with Crippen LogP contribution in [-0.4, -0.2) is 45.3 Å². The second kappa shape index (κ2) is 10.4. The van der Waals surface area contributed by atoms with Crippen LogP contribution in [0.3, 0.4) is 0 Å². The van der Waals surface area contributed by atoms with E-state index < -0.39 is 5.43 Å². The first-order valence-corrected chi connectivity index (χ1v) is 12.0. The summed E-state index contributed by atoms with van der Waals surface area (Å²) in [6.45, 7) is 3.91. The maximum atomic E-state index is 12.5. The Morgan fingerprint density at radius 1 is 1.06 bits per heavy atom. The smallest absolute Gasteiger partial charge is 0.253 e. The number of carbonyl (C=O) groups excluding carboxylic acids is 1. The Bertz CT molecular complexity index is 857. The average Bonchev–Trinajstić information content (AvgIpc) is 2.82. The van der Waals surface area contributed by atoms with Gasteiger partial charge in [0.25, 0.3) is 10.9 Å². The van der Waals surface area contributed by atoms with Crippen LogP contribution in [0.1, 0.15) is 57.8 Å². The van der Waals surface area contributed by atoms with E-state index in [1.54, 1.807) is 0 Å². The normalized spacial score (nSPS) is 24.6. The lowest BCUT2D eigenvalue weighted by Crippen LogP contribution is -2.47. The molecule has 1 aromatic rings. The topological polar surface area (TPSA) is 87.7 Å². The summed E-state index contributed by atoms with van der Waals surface area (Å²) >= 11 is 0. The van der Waals surface area contributed by atoms with Crippen molar-refractivity contribution in [2.45, 2.75) is 57.8 Å². The lowest BCUT2D eigenvalue weighted by atomic mass is 9.81. The molecule has 0 bridgehead atoms. The Kier molecular flexibility index (Phi) is 7.43. The van der Waals surface area contributed by atoms with Gasteiger partial charge in [-0.1, -0.05) is 11.6 Å². The van der Waals surface area contributed by atoms with Gasteiger partial charge in [0.15, 0.2) is 0 Å². The number of nitrogens with one attached hydrogen (secondary N) is 2. The molecular formula is C24H35N3O4. The zero-order valence-corrected chi connectivity index (χ0v) is 18.4. The van der Waals surface area contributed by atoms with E-state index in [-0.39, 0.29) is 17.3 Å². The van der Waals surface area contributed by atoms with E-state index in [4.69, 9.17) is 4.74 Å². The zero-order chi connectivity index (χ0) is 21.6. The molecule has 1 aliphatic heterocycles. The number of rotatable bonds is 8. The van der Waals surface area contributed by atoms with Gasteiger partial charge in [-0.25, -0.2) is 0 Å². The van der Waals surface area contributed by atoms with E-state index in [1.807, 2.05) is 4.90 Å². The van der Waals surface area contributed by atoms with Crippen LogP contribution in [-0.2, 0) is 9.53 Å². The van der Waals surface area contributed by atoms with Gasteiger partial charge in [-0.3, -0.25) is 14.4 Å². The van der Waals surface area contributed by atoms with Crippen LogP contribution in [0.4, 0.5) is 11.4 Å². The summed E-state index contributed by atoms with van der Waals surface area (Å²) < 4.78 is 5.34. The predicted octanol–water partition coefficient (Wildman–Crippen LogP) is 2.34. The van der Waals surface area contributed by atoms with E-state index >= 15 is 0 Å². The van der Waals surface area contributed by atoms with Crippen LogP contribution in [0.15, 0.2) is 21.2 Å². The van der Waals surface area contributed by atoms with Crippen molar-refractivity contribution in [3.63, 3.8) is 0 Å². The van der Waals surface area contributed by atoms with Crippen LogP contribution in [0.25, 0.3) is 0 Å². The summed E-state index contributed by atoms with van der Waals surface area (Å²) in [5.41, 5.74) is 1.73. The number of carbonyl (C=O) groups is 1. The molecule has 2 N–H and O–H groups in total. The third kappa shape index (κ3) is 5.37. The number of amides is 1. The third-order valence-electron chi connectivity index (χ3n) is 7.13. The summed E-state index contributed by atoms with van der Waals surface area (Å²) in [6, 6.07) is 0. The Balaban J connectivity index is 1.18. The fraction of sp³-hybridized carbons (Fsp3) is 0.708. The summed E-state index contributed by atoms with van der Waals surface area (Å²) in [5.74, 6) is 0.727. The van der Waals surface area contributed by atoms with Crippen molar-refractivity contribution in [3.8, 4) is 0 Å². The Labute approximate surface area is 183 Å². The largest absolute Gasteiger partial charge is 0.380 e. The first-order valence-electron chi connectivity index (χ1n) is 12.0. The molecule has 2 fully saturated rings. The van der Waals surface area contributed by atoms with Crippen LogP contribution >= 0.6 is 0 Å². The SMILES string of the molecule is O=C(NCCC1=CCCCC1)C1CCC(CNc2c(N3CCOCC3)c(=O)c2=O)CC1. The number of allylic oxidation sites excluding steroid dienone is 1. The molecule has 7 heteroatoms. The zero-order valence-electron chi connectivity index (χ0n) is 18.4. The molecule has 1 amide bonds. The fourth-order valence-corrected chi connectivity index (χ4v) is 5.13. The lowest BCUT2D eigenvalue weighted by Gasteiger charge is -2.32. The molecule has 31 heavy (non-hydrogen) atoms.